The quantitative estimate of drug-likeness (QED) is 0.720. The number of piperazine rings is 1. The van der Waals surface area contributed by atoms with Crippen LogP contribution in [-0.4, -0.2) is 65.7 Å². The van der Waals surface area contributed by atoms with Gasteiger partial charge in [-0.15, -0.1) is 0 Å². The Bertz CT molecular complexity index is 336. The summed E-state index contributed by atoms with van der Waals surface area (Å²) in [5, 5.41) is 11.6. The van der Waals surface area contributed by atoms with Crippen LogP contribution in [0.4, 0.5) is 4.79 Å². The molecule has 2 unspecified atom stereocenters. The summed E-state index contributed by atoms with van der Waals surface area (Å²) in [6.45, 7) is 9.95. The number of nitrogens with zero attached hydrogens (tertiary/aromatic N) is 2. The molecule has 1 rings (SSSR count). The number of carbonyl (C=O) groups is 2. The third-order valence-corrected chi connectivity index (χ3v) is 3.97. The molecule has 1 saturated heterocycles. The molecule has 6 nitrogen and oxygen atoms in total. The van der Waals surface area contributed by atoms with Gasteiger partial charge in [-0.2, -0.15) is 0 Å². The number of carboxylic acids is 1. The monoisotopic (exact) mass is 285 g/mol. The second-order valence-electron chi connectivity index (χ2n) is 5.54. The zero-order chi connectivity index (χ0) is 15.1. The SMILES string of the molecule is CCN1CCN(C(=O)NCCCC(C)C(=O)O)CC1C. The van der Waals surface area contributed by atoms with Gasteiger partial charge in [0.1, 0.15) is 0 Å². The van der Waals surface area contributed by atoms with Gasteiger partial charge >= 0.3 is 12.0 Å². The zero-order valence-electron chi connectivity index (χ0n) is 12.8. The highest BCUT2D eigenvalue weighted by Crippen LogP contribution is 2.09. The first-order chi connectivity index (χ1) is 9.45. The fraction of sp³-hybridized carbons (Fsp3) is 0.857. The van der Waals surface area contributed by atoms with E-state index in [-0.39, 0.29) is 11.9 Å². The minimum absolute atomic E-state index is 0.0319. The number of likely N-dealkylation sites (N-methyl/N-ethyl adjacent to an activating group) is 1. The summed E-state index contributed by atoms with van der Waals surface area (Å²) < 4.78 is 0. The van der Waals surface area contributed by atoms with Crippen LogP contribution in [0, 0.1) is 5.92 Å². The maximum atomic E-state index is 12.0. The third-order valence-electron chi connectivity index (χ3n) is 3.97. The summed E-state index contributed by atoms with van der Waals surface area (Å²) in [7, 11) is 0. The Hall–Kier alpha value is -1.30. The van der Waals surface area contributed by atoms with Crippen LogP contribution in [0.15, 0.2) is 0 Å². The standard InChI is InChI=1S/C14H27N3O3/c1-4-16-8-9-17(10-12(16)3)14(20)15-7-5-6-11(2)13(18)19/h11-12H,4-10H2,1-3H3,(H,15,20)(H,18,19). The van der Waals surface area contributed by atoms with Gasteiger partial charge in [0, 0.05) is 32.2 Å². The number of amides is 2. The topological polar surface area (TPSA) is 72.9 Å². The lowest BCUT2D eigenvalue weighted by atomic mass is 10.1. The normalized spacial score (nSPS) is 21.6. The first-order valence-electron chi connectivity index (χ1n) is 7.45. The first-order valence-corrected chi connectivity index (χ1v) is 7.45. The molecule has 0 aromatic heterocycles. The van der Waals surface area contributed by atoms with E-state index in [4.69, 9.17) is 5.11 Å². The van der Waals surface area contributed by atoms with Gasteiger partial charge in [-0.3, -0.25) is 9.69 Å². The molecule has 0 bridgehead atoms. The van der Waals surface area contributed by atoms with Crippen LogP contribution in [0.3, 0.4) is 0 Å². The van der Waals surface area contributed by atoms with Gasteiger partial charge in [0.05, 0.1) is 5.92 Å². The fourth-order valence-corrected chi connectivity index (χ4v) is 2.49. The van der Waals surface area contributed by atoms with Gasteiger partial charge in [0.25, 0.3) is 0 Å². The highest BCUT2D eigenvalue weighted by Gasteiger charge is 2.25. The third kappa shape index (κ3) is 5.00. The van der Waals surface area contributed by atoms with E-state index in [1.807, 2.05) is 4.90 Å². The van der Waals surface area contributed by atoms with E-state index in [9.17, 15) is 9.59 Å². The molecule has 1 aliphatic rings. The minimum Gasteiger partial charge on any atom is -0.481 e. The van der Waals surface area contributed by atoms with Crippen LogP contribution in [0.5, 0.6) is 0 Å². The number of carboxylic acid groups (broad SMARTS) is 1. The second-order valence-corrected chi connectivity index (χ2v) is 5.54. The molecule has 0 radical (unpaired) electrons. The summed E-state index contributed by atoms with van der Waals surface area (Å²) >= 11 is 0. The van der Waals surface area contributed by atoms with Gasteiger partial charge in [-0.1, -0.05) is 13.8 Å². The average molecular weight is 285 g/mol. The molecule has 0 spiro atoms. The van der Waals surface area contributed by atoms with Crippen LogP contribution >= 0.6 is 0 Å². The smallest absolute Gasteiger partial charge is 0.317 e. The Balaban J connectivity index is 2.22. The van der Waals surface area contributed by atoms with Gasteiger partial charge in [0.2, 0.25) is 0 Å². The number of carbonyl (C=O) groups excluding carboxylic acids is 1. The maximum Gasteiger partial charge on any atom is 0.317 e. The number of hydrogen-bond acceptors (Lipinski definition) is 3. The molecule has 0 aromatic rings. The van der Waals surface area contributed by atoms with E-state index in [0.717, 1.165) is 26.2 Å². The number of nitrogens with one attached hydrogen (secondary N) is 1. The molecular formula is C14H27N3O3. The van der Waals surface area contributed by atoms with E-state index in [2.05, 4.69) is 24.1 Å². The molecule has 1 fully saturated rings. The van der Waals surface area contributed by atoms with Crippen molar-refractivity contribution >= 4 is 12.0 Å². The summed E-state index contributed by atoms with van der Waals surface area (Å²) in [5.41, 5.74) is 0. The lowest BCUT2D eigenvalue weighted by molar-refractivity contribution is -0.141. The van der Waals surface area contributed by atoms with Crippen molar-refractivity contribution in [2.75, 3.05) is 32.7 Å². The molecular weight excluding hydrogens is 258 g/mol. The fourth-order valence-electron chi connectivity index (χ4n) is 2.49. The number of hydrogen-bond donors (Lipinski definition) is 2. The van der Waals surface area contributed by atoms with Crippen molar-refractivity contribution in [3.63, 3.8) is 0 Å². The zero-order valence-corrected chi connectivity index (χ0v) is 12.8. The number of aliphatic carboxylic acids is 1. The van der Waals surface area contributed by atoms with Crippen LogP contribution in [-0.2, 0) is 4.79 Å². The lowest BCUT2D eigenvalue weighted by Gasteiger charge is -2.39. The molecule has 1 aliphatic heterocycles. The van der Waals surface area contributed by atoms with Crippen molar-refractivity contribution in [1.29, 1.82) is 0 Å². The lowest BCUT2D eigenvalue weighted by Crippen LogP contribution is -2.55. The van der Waals surface area contributed by atoms with E-state index in [1.54, 1.807) is 6.92 Å². The van der Waals surface area contributed by atoms with E-state index >= 15 is 0 Å². The Morgan fingerprint density at radius 2 is 2.10 bits per heavy atom. The van der Waals surface area contributed by atoms with E-state index in [0.29, 0.717) is 25.4 Å². The summed E-state index contributed by atoms with van der Waals surface area (Å²) in [4.78, 5) is 26.9. The van der Waals surface area contributed by atoms with Crippen molar-refractivity contribution in [2.45, 2.75) is 39.7 Å². The molecule has 2 N–H and O–H groups in total. The van der Waals surface area contributed by atoms with Crippen molar-refractivity contribution < 1.29 is 14.7 Å². The van der Waals surface area contributed by atoms with Gasteiger partial charge in [-0.25, -0.2) is 4.79 Å². The molecule has 1 heterocycles. The van der Waals surface area contributed by atoms with Crippen LogP contribution in [0.2, 0.25) is 0 Å². The molecule has 20 heavy (non-hydrogen) atoms. The first kappa shape index (κ1) is 16.8. The molecule has 2 amide bonds. The molecule has 0 aliphatic carbocycles. The van der Waals surface area contributed by atoms with Gasteiger partial charge < -0.3 is 15.3 Å². The van der Waals surface area contributed by atoms with Crippen LogP contribution in [0.1, 0.15) is 33.6 Å². The summed E-state index contributed by atoms with van der Waals surface area (Å²) in [6, 6.07) is 0.363. The average Bonchev–Trinajstić information content (AvgIpc) is 2.42. The summed E-state index contributed by atoms with van der Waals surface area (Å²) in [5.74, 6) is -1.12. The predicted octanol–water partition coefficient (Wildman–Crippen LogP) is 1.22. The van der Waals surface area contributed by atoms with Gasteiger partial charge in [-0.05, 0) is 26.3 Å². The minimum atomic E-state index is -0.777. The number of rotatable bonds is 6. The summed E-state index contributed by atoms with van der Waals surface area (Å²) in [6.07, 6.45) is 1.29. The molecule has 0 aromatic carbocycles. The van der Waals surface area contributed by atoms with E-state index < -0.39 is 5.97 Å². The number of urea groups is 1. The largest absolute Gasteiger partial charge is 0.481 e. The second kappa shape index (κ2) is 8.09. The van der Waals surface area contributed by atoms with Crippen molar-refractivity contribution in [1.82, 2.24) is 15.1 Å². The van der Waals surface area contributed by atoms with Crippen LogP contribution < -0.4 is 5.32 Å². The molecule has 6 heteroatoms. The predicted molar refractivity (Wildman–Crippen MR) is 77.7 cm³/mol. The Kier molecular flexibility index (Phi) is 6.78. The molecule has 0 saturated carbocycles. The molecule has 116 valence electrons. The van der Waals surface area contributed by atoms with Crippen molar-refractivity contribution in [3.8, 4) is 0 Å². The van der Waals surface area contributed by atoms with E-state index in [1.165, 1.54) is 0 Å². The Morgan fingerprint density at radius 1 is 1.40 bits per heavy atom. The van der Waals surface area contributed by atoms with Crippen molar-refractivity contribution in [3.05, 3.63) is 0 Å². The Morgan fingerprint density at radius 3 is 2.65 bits per heavy atom. The highest BCUT2D eigenvalue weighted by atomic mass is 16.4. The Labute approximate surface area is 121 Å². The van der Waals surface area contributed by atoms with Crippen LogP contribution in [0.25, 0.3) is 0 Å². The van der Waals surface area contributed by atoms with Gasteiger partial charge in [0.15, 0.2) is 0 Å². The molecule has 2 atom stereocenters. The highest BCUT2D eigenvalue weighted by molar-refractivity contribution is 5.74. The maximum absolute atomic E-state index is 12.0. The van der Waals surface area contributed by atoms with Crippen molar-refractivity contribution in [2.24, 2.45) is 5.92 Å².